The lowest BCUT2D eigenvalue weighted by Crippen LogP contribution is -2.26. The summed E-state index contributed by atoms with van der Waals surface area (Å²) in [5.41, 5.74) is 1.19. The topological polar surface area (TPSA) is 115 Å². The van der Waals surface area contributed by atoms with E-state index in [2.05, 4.69) is 0 Å². The van der Waals surface area contributed by atoms with Crippen LogP contribution in [0.3, 0.4) is 0 Å². The van der Waals surface area contributed by atoms with E-state index in [0.717, 1.165) is 0 Å². The average molecular weight is 294 g/mol. The first kappa shape index (κ1) is 15.6. The summed E-state index contributed by atoms with van der Waals surface area (Å²) in [4.78, 5) is 37.3. The zero-order valence-electron chi connectivity index (χ0n) is 10.5. The molecule has 0 amide bonds. The molecule has 4 N–H and O–H groups in total. The van der Waals surface area contributed by atoms with Gasteiger partial charge >= 0.3 is 15.2 Å². The summed E-state index contributed by atoms with van der Waals surface area (Å²) in [6.07, 6.45) is 0. The molecule has 1 aromatic rings. The van der Waals surface area contributed by atoms with E-state index < -0.39 is 15.2 Å². The van der Waals surface area contributed by atoms with Crippen LogP contribution in [0.25, 0.3) is 0 Å². The van der Waals surface area contributed by atoms with Gasteiger partial charge in [0.15, 0.2) is 0 Å². The third-order valence-electron chi connectivity index (χ3n) is 3.13. The van der Waals surface area contributed by atoms with Crippen LogP contribution in [0.15, 0.2) is 0 Å². The molecule has 0 saturated heterocycles. The highest BCUT2D eigenvalue weighted by Gasteiger charge is 2.32. The van der Waals surface area contributed by atoms with E-state index in [1.54, 1.807) is 6.92 Å². The van der Waals surface area contributed by atoms with E-state index in [-0.39, 0.29) is 16.2 Å². The van der Waals surface area contributed by atoms with Crippen molar-refractivity contribution in [2.75, 3.05) is 0 Å². The molecule has 0 aliphatic rings. The molecule has 1 aromatic carbocycles. The summed E-state index contributed by atoms with van der Waals surface area (Å²) in [6, 6.07) is 0. The van der Waals surface area contributed by atoms with Crippen LogP contribution < -0.4 is 10.6 Å². The van der Waals surface area contributed by atoms with Gasteiger partial charge in [-0.2, -0.15) is 0 Å². The average Bonchev–Trinajstić information content (AvgIpc) is 2.09. The molecule has 18 heavy (non-hydrogen) atoms. The molecule has 0 aliphatic heterocycles. The number of hydrogen-bond acceptors (Lipinski definition) is 2. The maximum Gasteiger partial charge on any atom is 0.356 e. The van der Waals surface area contributed by atoms with Gasteiger partial charge in [-0.1, -0.05) is 0 Å². The van der Waals surface area contributed by atoms with E-state index in [9.17, 15) is 28.7 Å². The van der Waals surface area contributed by atoms with Crippen molar-refractivity contribution in [3.63, 3.8) is 0 Å². The SMILES string of the molecule is Cc1c(C)c(P(=O)(O)O)c(C)c(P(=O)(O)O)c1C. The maximum atomic E-state index is 11.5. The van der Waals surface area contributed by atoms with Gasteiger partial charge in [-0.15, -0.1) is 0 Å². The fraction of sp³-hybridized carbons (Fsp3) is 0.400. The smallest absolute Gasteiger partial charge is 0.321 e. The van der Waals surface area contributed by atoms with Crippen LogP contribution in [0.2, 0.25) is 0 Å². The Kier molecular flexibility index (Phi) is 3.95. The van der Waals surface area contributed by atoms with Crippen LogP contribution in [0.4, 0.5) is 0 Å². The number of hydrogen-bond donors (Lipinski definition) is 4. The first-order valence-corrected chi connectivity index (χ1v) is 8.34. The van der Waals surface area contributed by atoms with Crippen molar-refractivity contribution in [1.29, 1.82) is 0 Å². The Morgan fingerprint density at radius 1 is 0.611 bits per heavy atom. The fourth-order valence-electron chi connectivity index (χ4n) is 2.18. The molecule has 8 heteroatoms. The van der Waals surface area contributed by atoms with Crippen molar-refractivity contribution >= 4 is 25.8 Å². The summed E-state index contributed by atoms with van der Waals surface area (Å²) >= 11 is 0. The molecular formula is C10H16O6P2. The van der Waals surface area contributed by atoms with Crippen molar-refractivity contribution in [3.05, 3.63) is 22.3 Å². The lowest BCUT2D eigenvalue weighted by Gasteiger charge is -2.21. The number of benzene rings is 1. The molecule has 0 fully saturated rings. The second-order valence-electron chi connectivity index (χ2n) is 4.29. The second kappa shape index (κ2) is 4.57. The molecule has 0 heterocycles. The van der Waals surface area contributed by atoms with Gasteiger partial charge in [-0.25, -0.2) is 0 Å². The highest BCUT2D eigenvalue weighted by atomic mass is 31.2. The molecule has 0 saturated carbocycles. The molecule has 0 aromatic heterocycles. The van der Waals surface area contributed by atoms with Crippen LogP contribution in [-0.2, 0) is 9.13 Å². The summed E-state index contributed by atoms with van der Waals surface area (Å²) < 4.78 is 22.9. The fourth-order valence-corrected chi connectivity index (χ4v) is 4.58. The lowest BCUT2D eigenvalue weighted by molar-refractivity contribution is 0.386. The Balaban J connectivity index is 3.96. The molecule has 1 rings (SSSR count). The van der Waals surface area contributed by atoms with E-state index in [0.29, 0.717) is 16.7 Å². The van der Waals surface area contributed by atoms with Gasteiger partial charge in [0.05, 0.1) is 10.6 Å². The van der Waals surface area contributed by atoms with Crippen molar-refractivity contribution in [2.24, 2.45) is 0 Å². The summed E-state index contributed by atoms with van der Waals surface area (Å²) in [5, 5.41) is -0.576. The summed E-state index contributed by atoms with van der Waals surface area (Å²) in [5.74, 6) is 0. The Bertz CT molecular complexity index is 546. The molecule has 0 spiro atoms. The standard InChI is InChI=1S/C10H16O6P2/c1-5-6(2)9(17(11,12)13)8(4)10(7(5)3)18(14,15)16/h1-4H3,(H2,11,12,13)(H2,14,15,16). The van der Waals surface area contributed by atoms with Crippen molar-refractivity contribution in [2.45, 2.75) is 27.7 Å². The minimum atomic E-state index is -4.58. The molecule has 6 nitrogen and oxygen atoms in total. The highest BCUT2D eigenvalue weighted by Crippen LogP contribution is 2.42. The monoisotopic (exact) mass is 294 g/mol. The van der Waals surface area contributed by atoms with E-state index in [4.69, 9.17) is 0 Å². The maximum absolute atomic E-state index is 11.5. The quantitative estimate of drug-likeness (QED) is 0.591. The van der Waals surface area contributed by atoms with E-state index in [1.807, 2.05) is 0 Å². The molecule has 0 radical (unpaired) electrons. The Hall–Kier alpha value is -0.480. The predicted octanol–water partition coefficient (Wildman–Crippen LogP) is 0.526. The van der Waals surface area contributed by atoms with Crippen molar-refractivity contribution < 1.29 is 28.7 Å². The molecule has 102 valence electrons. The third kappa shape index (κ3) is 2.59. The van der Waals surface area contributed by atoms with Gasteiger partial charge in [0, 0.05) is 0 Å². The van der Waals surface area contributed by atoms with Crippen molar-refractivity contribution in [3.8, 4) is 0 Å². The van der Waals surface area contributed by atoms with E-state index in [1.165, 1.54) is 20.8 Å². The minimum absolute atomic E-state index is 0.0303. The van der Waals surface area contributed by atoms with Crippen LogP contribution in [0, 0.1) is 27.7 Å². The number of rotatable bonds is 2. The molecule has 0 aliphatic carbocycles. The Morgan fingerprint density at radius 3 is 1.11 bits per heavy atom. The molecule has 0 bridgehead atoms. The first-order valence-electron chi connectivity index (χ1n) is 5.11. The highest BCUT2D eigenvalue weighted by molar-refractivity contribution is 7.62. The zero-order valence-corrected chi connectivity index (χ0v) is 12.3. The normalized spacial score (nSPS) is 12.9. The van der Waals surface area contributed by atoms with Crippen LogP contribution >= 0.6 is 15.2 Å². The van der Waals surface area contributed by atoms with Crippen molar-refractivity contribution in [1.82, 2.24) is 0 Å². The first-order chi connectivity index (χ1) is 7.89. The summed E-state index contributed by atoms with van der Waals surface area (Å²) in [7, 11) is -9.16. The molecular weight excluding hydrogens is 278 g/mol. The summed E-state index contributed by atoms with van der Waals surface area (Å²) in [6.45, 7) is 5.98. The third-order valence-corrected chi connectivity index (χ3v) is 5.64. The Morgan fingerprint density at radius 2 is 0.889 bits per heavy atom. The van der Waals surface area contributed by atoms with E-state index >= 15 is 0 Å². The van der Waals surface area contributed by atoms with Gasteiger partial charge in [-0.3, -0.25) is 9.13 Å². The van der Waals surface area contributed by atoms with Crippen LogP contribution in [0.5, 0.6) is 0 Å². The zero-order chi connectivity index (χ0) is 14.5. The van der Waals surface area contributed by atoms with Crippen LogP contribution in [0.1, 0.15) is 22.3 Å². The molecule has 0 atom stereocenters. The van der Waals surface area contributed by atoms with Gasteiger partial charge in [-0.05, 0) is 49.9 Å². The molecule has 0 unspecified atom stereocenters. The minimum Gasteiger partial charge on any atom is -0.321 e. The predicted molar refractivity (Wildman–Crippen MR) is 68.7 cm³/mol. The van der Waals surface area contributed by atoms with Gasteiger partial charge in [0.2, 0.25) is 0 Å². The van der Waals surface area contributed by atoms with Gasteiger partial charge in [0.1, 0.15) is 0 Å². The van der Waals surface area contributed by atoms with Crippen LogP contribution in [-0.4, -0.2) is 19.6 Å². The largest absolute Gasteiger partial charge is 0.356 e. The lowest BCUT2D eigenvalue weighted by atomic mass is 10.0. The van der Waals surface area contributed by atoms with Gasteiger partial charge < -0.3 is 19.6 Å². The Labute approximate surface area is 105 Å². The second-order valence-corrected chi connectivity index (χ2v) is 7.36. The van der Waals surface area contributed by atoms with Gasteiger partial charge in [0.25, 0.3) is 0 Å².